The lowest BCUT2D eigenvalue weighted by Gasteiger charge is -2.57. The van der Waals surface area contributed by atoms with E-state index in [1.165, 1.54) is 12.5 Å². The SMILES string of the molecule is CCOC(=O)[C@]1(C#N)O[C@@]12CCC1C3CC=C4C[C@H](OC(C)=O)CC[C@]4(C)C3CC[C@@]12C. The maximum Gasteiger partial charge on any atom is 0.356 e. The minimum atomic E-state index is -1.43. The van der Waals surface area contributed by atoms with Gasteiger partial charge in [0.15, 0.2) is 0 Å². The number of hydrogen-bond donors (Lipinski definition) is 0. The molecule has 1 spiro atoms. The fourth-order valence-electron chi connectivity index (χ4n) is 8.54. The van der Waals surface area contributed by atoms with Gasteiger partial charge in [-0.1, -0.05) is 25.5 Å². The van der Waals surface area contributed by atoms with Crippen molar-refractivity contribution in [2.75, 3.05) is 6.61 Å². The molecule has 0 aromatic carbocycles. The molecule has 0 aromatic heterocycles. The van der Waals surface area contributed by atoms with Gasteiger partial charge in [-0.05, 0) is 75.0 Å². The number of ether oxygens (including phenoxy) is 3. The van der Waals surface area contributed by atoms with Crippen LogP contribution >= 0.6 is 0 Å². The van der Waals surface area contributed by atoms with E-state index >= 15 is 0 Å². The van der Waals surface area contributed by atoms with Gasteiger partial charge >= 0.3 is 11.9 Å². The number of rotatable bonds is 3. The van der Waals surface area contributed by atoms with Crippen LogP contribution in [0.5, 0.6) is 0 Å². The van der Waals surface area contributed by atoms with E-state index in [4.69, 9.17) is 14.2 Å². The fraction of sp³-hybridized carbons (Fsp3) is 0.808. The number of nitrogens with zero attached hydrogens (tertiary/aromatic N) is 1. The third-order valence-electron chi connectivity index (χ3n) is 10.1. The molecule has 174 valence electrons. The Morgan fingerprint density at radius 2 is 1.94 bits per heavy atom. The van der Waals surface area contributed by atoms with E-state index in [1.54, 1.807) is 6.92 Å². The quantitative estimate of drug-likeness (QED) is 0.365. The highest BCUT2D eigenvalue weighted by Crippen LogP contribution is 2.75. The smallest absolute Gasteiger partial charge is 0.356 e. The number of carbonyl (C=O) groups is 2. The molecule has 6 nitrogen and oxygen atoms in total. The van der Waals surface area contributed by atoms with Crippen molar-refractivity contribution in [3.63, 3.8) is 0 Å². The van der Waals surface area contributed by atoms with E-state index in [9.17, 15) is 14.9 Å². The van der Waals surface area contributed by atoms with Crippen molar-refractivity contribution in [2.24, 2.45) is 28.6 Å². The first kappa shape index (κ1) is 21.9. The van der Waals surface area contributed by atoms with Crippen molar-refractivity contribution >= 4 is 11.9 Å². The second kappa shape index (κ2) is 7.06. The van der Waals surface area contributed by atoms with Gasteiger partial charge in [0.2, 0.25) is 0 Å². The Morgan fingerprint density at radius 1 is 1.19 bits per heavy atom. The summed E-state index contributed by atoms with van der Waals surface area (Å²) in [5.74, 6) is 0.867. The molecular formula is C26H35NO5. The average Bonchev–Trinajstić information content (AvgIpc) is 3.34. The predicted molar refractivity (Wildman–Crippen MR) is 116 cm³/mol. The van der Waals surface area contributed by atoms with Crippen molar-refractivity contribution in [2.45, 2.75) is 96.4 Å². The van der Waals surface area contributed by atoms with Crippen molar-refractivity contribution in [3.8, 4) is 6.07 Å². The number of epoxide rings is 1. The molecular weight excluding hydrogens is 406 g/mol. The van der Waals surface area contributed by atoms with Gasteiger partial charge in [-0.25, -0.2) is 4.79 Å². The molecule has 1 aliphatic heterocycles. The Morgan fingerprint density at radius 3 is 2.62 bits per heavy atom. The standard InChI is InChI=1S/C26H35NO5/c1-5-30-22(29)25(15-27)26(32-25)13-10-21-19-7-6-17-14-18(31-16(2)28)8-11-23(17,3)20(19)9-12-24(21,26)4/h6,18-21H,5,7-14H2,1-4H3/t18-,19?,20?,21?,23+,24+,25+,26-/m1/s1. The first-order chi connectivity index (χ1) is 15.2. The van der Waals surface area contributed by atoms with E-state index in [-0.39, 0.29) is 29.5 Å². The molecule has 0 amide bonds. The molecule has 5 aliphatic rings. The predicted octanol–water partition coefficient (Wildman–Crippen LogP) is 4.48. The second-order valence-corrected chi connectivity index (χ2v) is 11.2. The summed E-state index contributed by atoms with van der Waals surface area (Å²) in [5.41, 5.74) is -0.703. The third-order valence-corrected chi connectivity index (χ3v) is 10.1. The highest BCUT2D eigenvalue weighted by Gasteiger charge is 2.86. The van der Waals surface area contributed by atoms with Gasteiger partial charge in [-0.15, -0.1) is 0 Å². The minimum Gasteiger partial charge on any atom is -0.463 e. The summed E-state index contributed by atoms with van der Waals surface area (Å²) in [6.07, 6.45) is 10.1. The number of fused-ring (bicyclic) bond motifs is 6. The zero-order chi connectivity index (χ0) is 22.9. The highest BCUT2D eigenvalue weighted by molar-refractivity contribution is 5.89. The Hall–Kier alpha value is -1.87. The Bertz CT molecular complexity index is 922. The lowest BCUT2D eigenvalue weighted by atomic mass is 9.47. The lowest BCUT2D eigenvalue weighted by Crippen LogP contribution is -2.53. The zero-order valence-electron chi connectivity index (χ0n) is 19.7. The molecule has 0 N–H and O–H groups in total. The third kappa shape index (κ3) is 2.61. The van der Waals surface area contributed by atoms with E-state index in [0.29, 0.717) is 17.8 Å². The van der Waals surface area contributed by atoms with Crippen LogP contribution < -0.4 is 0 Å². The average molecular weight is 442 g/mol. The van der Waals surface area contributed by atoms with Gasteiger partial charge in [0, 0.05) is 18.8 Å². The number of hydrogen-bond acceptors (Lipinski definition) is 6. The first-order valence-corrected chi connectivity index (χ1v) is 12.3. The van der Waals surface area contributed by atoms with Crippen LogP contribution in [0.1, 0.15) is 79.1 Å². The largest absolute Gasteiger partial charge is 0.463 e. The van der Waals surface area contributed by atoms with Crippen LogP contribution in [-0.2, 0) is 23.8 Å². The molecule has 1 heterocycles. The van der Waals surface area contributed by atoms with Gasteiger partial charge < -0.3 is 14.2 Å². The molecule has 8 atom stereocenters. The van der Waals surface area contributed by atoms with Crippen molar-refractivity contribution < 1.29 is 23.8 Å². The molecule has 0 bridgehead atoms. The summed E-state index contributed by atoms with van der Waals surface area (Å²) in [7, 11) is 0. The molecule has 6 heteroatoms. The lowest BCUT2D eigenvalue weighted by molar-refractivity contribution is -0.149. The maximum absolute atomic E-state index is 12.7. The van der Waals surface area contributed by atoms with Crippen molar-refractivity contribution in [3.05, 3.63) is 11.6 Å². The van der Waals surface area contributed by atoms with Gasteiger partial charge in [-0.2, -0.15) is 5.26 Å². The van der Waals surface area contributed by atoms with Gasteiger partial charge in [0.1, 0.15) is 17.8 Å². The van der Waals surface area contributed by atoms with Crippen LogP contribution in [0.2, 0.25) is 0 Å². The number of esters is 2. The Labute approximate surface area is 190 Å². The van der Waals surface area contributed by atoms with Crippen LogP contribution in [-0.4, -0.2) is 35.9 Å². The van der Waals surface area contributed by atoms with E-state index in [2.05, 4.69) is 26.0 Å². The molecule has 0 aromatic rings. The maximum atomic E-state index is 12.7. The summed E-state index contributed by atoms with van der Waals surface area (Å²) >= 11 is 0. The number of allylic oxidation sites excluding steroid dienone is 1. The number of nitriles is 1. The van der Waals surface area contributed by atoms with E-state index < -0.39 is 17.2 Å². The topological polar surface area (TPSA) is 88.9 Å². The second-order valence-electron chi connectivity index (χ2n) is 11.2. The molecule has 1 saturated heterocycles. The summed E-state index contributed by atoms with van der Waals surface area (Å²) < 4.78 is 17.0. The van der Waals surface area contributed by atoms with Crippen LogP contribution in [0.4, 0.5) is 0 Å². The summed E-state index contributed by atoms with van der Waals surface area (Å²) in [6, 6.07) is 2.22. The highest BCUT2D eigenvalue weighted by atomic mass is 16.7. The van der Waals surface area contributed by atoms with Crippen molar-refractivity contribution in [1.29, 1.82) is 5.26 Å². The molecule has 0 radical (unpaired) electrons. The van der Waals surface area contributed by atoms with E-state index in [0.717, 1.165) is 51.4 Å². The van der Waals surface area contributed by atoms with Gasteiger partial charge in [0.05, 0.1) is 6.61 Å². The summed E-state index contributed by atoms with van der Waals surface area (Å²) in [6.45, 7) is 8.20. The van der Waals surface area contributed by atoms with Gasteiger partial charge in [0.25, 0.3) is 5.60 Å². The first-order valence-electron chi connectivity index (χ1n) is 12.3. The van der Waals surface area contributed by atoms with Crippen LogP contribution in [0, 0.1) is 39.9 Å². The molecule has 4 aliphatic carbocycles. The van der Waals surface area contributed by atoms with E-state index in [1.807, 2.05) is 0 Å². The van der Waals surface area contributed by atoms with Crippen LogP contribution in [0.25, 0.3) is 0 Å². The number of carbonyl (C=O) groups excluding carboxylic acids is 2. The Kier molecular flexibility index (Phi) is 4.84. The zero-order valence-corrected chi connectivity index (χ0v) is 19.7. The minimum absolute atomic E-state index is 0.00710. The summed E-state index contributed by atoms with van der Waals surface area (Å²) in [4.78, 5) is 24.2. The molecule has 32 heavy (non-hydrogen) atoms. The summed E-state index contributed by atoms with van der Waals surface area (Å²) in [5, 5.41) is 9.98. The molecule has 5 rings (SSSR count). The van der Waals surface area contributed by atoms with Gasteiger partial charge in [-0.3, -0.25) is 4.79 Å². The molecule has 4 fully saturated rings. The monoisotopic (exact) mass is 441 g/mol. The van der Waals surface area contributed by atoms with Crippen LogP contribution in [0.3, 0.4) is 0 Å². The molecule has 3 saturated carbocycles. The van der Waals surface area contributed by atoms with Crippen molar-refractivity contribution in [1.82, 2.24) is 0 Å². The van der Waals surface area contributed by atoms with Crippen LogP contribution in [0.15, 0.2) is 11.6 Å². The molecule has 3 unspecified atom stereocenters. The fourth-order valence-corrected chi connectivity index (χ4v) is 8.54. The normalized spacial score (nSPS) is 48.5. The Balaban J connectivity index is 1.41.